The Bertz CT molecular complexity index is 815. The maximum atomic E-state index is 12.6. The van der Waals surface area contributed by atoms with E-state index in [0.717, 1.165) is 16.9 Å². The van der Waals surface area contributed by atoms with Crippen molar-refractivity contribution in [3.63, 3.8) is 0 Å². The van der Waals surface area contributed by atoms with Gasteiger partial charge in [-0.3, -0.25) is 0 Å². The Morgan fingerprint density at radius 2 is 1.69 bits per heavy atom. The number of benzene rings is 2. The summed E-state index contributed by atoms with van der Waals surface area (Å²) in [5.41, 5.74) is 2.11. The zero-order valence-corrected chi connectivity index (χ0v) is 16.9. The van der Waals surface area contributed by atoms with Gasteiger partial charge in [0.2, 0.25) is 10.0 Å². The van der Waals surface area contributed by atoms with E-state index in [4.69, 9.17) is 4.74 Å². The zero-order chi connectivity index (χ0) is 19.3. The van der Waals surface area contributed by atoms with Crippen molar-refractivity contribution in [1.29, 1.82) is 0 Å². The van der Waals surface area contributed by atoms with Gasteiger partial charge in [0, 0.05) is 12.6 Å². The lowest BCUT2D eigenvalue weighted by Crippen LogP contribution is -2.34. The van der Waals surface area contributed by atoms with Crippen LogP contribution in [0.15, 0.2) is 53.4 Å². The van der Waals surface area contributed by atoms with E-state index in [1.165, 1.54) is 0 Å². The molecule has 1 N–H and O–H groups in total. The second-order valence-electron chi connectivity index (χ2n) is 6.83. The molecule has 0 bridgehead atoms. The molecule has 142 valence electrons. The van der Waals surface area contributed by atoms with Crippen LogP contribution >= 0.6 is 0 Å². The highest BCUT2D eigenvalue weighted by Gasteiger charge is 2.20. The molecule has 0 aliphatic carbocycles. The van der Waals surface area contributed by atoms with Crippen LogP contribution in [0.1, 0.15) is 36.9 Å². The minimum atomic E-state index is -3.56. The van der Waals surface area contributed by atoms with Gasteiger partial charge in [-0.15, -0.1) is 0 Å². The van der Waals surface area contributed by atoms with Crippen molar-refractivity contribution >= 4 is 10.0 Å². The number of hydrogen-bond acceptors (Lipinski definition) is 4. The van der Waals surface area contributed by atoms with Crippen molar-refractivity contribution in [3.8, 4) is 5.75 Å². The lowest BCUT2D eigenvalue weighted by atomic mass is 10.0. The SMILES string of the molecule is COc1cccc(C(CNS(=O)(=O)c2ccc(C(C)C)cc2)N(C)C)c1. The Labute approximate surface area is 157 Å². The molecular weight excluding hydrogens is 348 g/mol. The molecule has 2 aromatic rings. The van der Waals surface area contributed by atoms with Gasteiger partial charge >= 0.3 is 0 Å². The van der Waals surface area contributed by atoms with E-state index in [1.54, 1.807) is 19.2 Å². The number of rotatable bonds is 8. The van der Waals surface area contributed by atoms with Gasteiger partial charge in [0.25, 0.3) is 0 Å². The van der Waals surface area contributed by atoms with E-state index in [-0.39, 0.29) is 17.5 Å². The van der Waals surface area contributed by atoms with E-state index in [0.29, 0.717) is 5.92 Å². The average Bonchev–Trinajstić information content (AvgIpc) is 2.61. The van der Waals surface area contributed by atoms with Crippen LogP contribution in [0.4, 0.5) is 0 Å². The molecule has 0 spiro atoms. The first-order chi connectivity index (χ1) is 12.2. The number of methoxy groups -OCH3 is 1. The van der Waals surface area contributed by atoms with E-state index in [9.17, 15) is 8.42 Å². The molecule has 5 nitrogen and oxygen atoms in total. The summed E-state index contributed by atoms with van der Waals surface area (Å²) in [5.74, 6) is 1.12. The summed E-state index contributed by atoms with van der Waals surface area (Å²) >= 11 is 0. The first kappa shape index (κ1) is 20.4. The number of likely N-dealkylation sites (N-methyl/N-ethyl adjacent to an activating group) is 1. The molecule has 2 rings (SSSR count). The van der Waals surface area contributed by atoms with Crippen molar-refractivity contribution in [2.75, 3.05) is 27.7 Å². The summed E-state index contributed by atoms with van der Waals surface area (Å²) in [6.07, 6.45) is 0. The smallest absolute Gasteiger partial charge is 0.240 e. The fourth-order valence-electron chi connectivity index (χ4n) is 2.75. The minimum absolute atomic E-state index is 0.102. The van der Waals surface area contributed by atoms with Crippen LogP contribution in [0.25, 0.3) is 0 Å². The number of hydrogen-bond donors (Lipinski definition) is 1. The molecule has 0 heterocycles. The molecule has 0 radical (unpaired) electrons. The Balaban J connectivity index is 2.16. The van der Waals surface area contributed by atoms with Crippen LogP contribution in [0.3, 0.4) is 0 Å². The fraction of sp³-hybridized carbons (Fsp3) is 0.400. The predicted octanol–water partition coefficient (Wildman–Crippen LogP) is 3.40. The second kappa shape index (κ2) is 8.66. The van der Waals surface area contributed by atoms with Gasteiger partial charge in [-0.2, -0.15) is 0 Å². The van der Waals surface area contributed by atoms with Gasteiger partial charge < -0.3 is 9.64 Å². The van der Waals surface area contributed by atoms with Crippen molar-refractivity contribution in [2.24, 2.45) is 0 Å². The first-order valence-electron chi connectivity index (χ1n) is 8.64. The number of sulfonamides is 1. The first-order valence-corrected chi connectivity index (χ1v) is 10.1. The molecule has 2 aromatic carbocycles. The highest BCUT2D eigenvalue weighted by molar-refractivity contribution is 7.89. The summed E-state index contributed by atoms with van der Waals surface area (Å²) in [7, 11) is 1.91. The normalized spacial score (nSPS) is 13.2. The molecule has 1 atom stereocenters. The van der Waals surface area contributed by atoms with Gasteiger partial charge in [0.1, 0.15) is 5.75 Å². The number of nitrogens with one attached hydrogen (secondary N) is 1. The van der Waals surface area contributed by atoms with Crippen LogP contribution in [0, 0.1) is 0 Å². The Hall–Kier alpha value is -1.89. The number of nitrogens with zero attached hydrogens (tertiary/aromatic N) is 1. The third-order valence-electron chi connectivity index (χ3n) is 4.43. The second-order valence-corrected chi connectivity index (χ2v) is 8.60. The summed E-state index contributed by atoms with van der Waals surface area (Å²) in [6, 6.07) is 14.6. The molecule has 1 unspecified atom stereocenters. The Kier molecular flexibility index (Phi) is 6.81. The lowest BCUT2D eigenvalue weighted by molar-refractivity contribution is 0.298. The van der Waals surface area contributed by atoms with Crippen LogP contribution in [-0.2, 0) is 10.0 Å². The third-order valence-corrected chi connectivity index (χ3v) is 5.87. The molecule has 0 aliphatic heterocycles. The molecule has 0 saturated heterocycles. The highest BCUT2D eigenvalue weighted by Crippen LogP contribution is 2.23. The van der Waals surface area contributed by atoms with E-state index >= 15 is 0 Å². The van der Waals surface area contributed by atoms with E-state index < -0.39 is 10.0 Å². The van der Waals surface area contributed by atoms with E-state index in [2.05, 4.69) is 18.6 Å². The maximum Gasteiger partial charge on any atom is 0.240 e. The standard InChI is InChI=1S/C20H28N2O3S/c1-15(2)16-9-11-19(12-10-16)26(23,24)21-14-20(22(3)4)17-7-6-8-18(13-17)25-5/h6-13,15,20-21H,14H2,1-5H3. The topological polar surface area (TPSA) is 58.6 Å². The maximum absolute atomic E-state index is 12.6. The van der Waals surface area contributed by atoms with Gasteiger partial charge in [-0.05, 0) is 55.4 Å². The lowest BCUT2D eigenvalue weighted by Gasteiger charge is -2.25. The quantitative estimate of drug-likeness (QED) is 0.767. The largest absolute Gasteiger partial charge is 0.497 e. The summed E-state index contributed by atoms with van der Waals surface area (Å²) in [4.78, 5) is 2.27. The number of ether oxygens (including phenoxy) is 1. The van der Waals surface area contributed by atoms with Gasteiger partial charge in [-0.25, -0.2) is 13.1 Å². The monoisotopic (exact) mass is 376 g/mol. The van der Waals surface area contributed by atoms with Crippen molar-refractivity contribution in [1.82, 2.24) is 9.62 Å². The molecule has 6 heteroatoms. The summed E-state index contributed by atoms with van der Waals surface area (Å²) in [6.45, 7) is 4.43. The molecule has 0 aromatic heterocycles. The fourth-order valence-corrected chi connectivity index (χ4v) is 3.79. The predicted molar refractivity (Wildman–Crippen MR) is 105 cm³/mol. The Morgan fingerprint density at radius 3 is 2.23 bits per heavy atom. The molecular formula is C20H28N2O3S. The van der Waals surface area contributed by atoms with Crippen LogP contribution in [0.2, 0.25) is 0 Å². The summed E-state index contributed by atoms with van der Waals surface area (Å²) < 4.78 is 33.3. The van der Waals surface area contributed by atoms with Crippen molar-refractivity contribution < 1.29 is 13.2 Å². The van der Waals surface area contributed by atoms with Crippen molar-refractivity contribution in [3.05, 3.63) is 59.7 Å². The minimum Gasteiger partial charge on any atom is -0.497 e. The average molecular weight is 377 g/mol. The molecule has 0 saturated carbocycles. The van der Waals surface area contributed by atoms with Crippen LogP contribution in [-0.4, -0.2) is 41.1 Å². The van der Waals surface area contributed by atoms with Crippen LogP contribution in [0.5, 0.6) is 5.75 Å². The highest BCUT2D eigenvalue weighted by atomic mass is 32.2. The third kappa shape index (κ3) is 5.06. The van der Waals surface area contributed by atoms with Gasteiger partial charge in [0.15, 0.2) is 0 Å². The van der Waals surface area contributed by atoms with Crippen molar-refractivity contribution in [2.45, 2.75) is 30.7 Å². The molecule has 26 heavy (non-hydrogen) atoms. The Morgan fingerprint density at radius 1 is 1.04 bits per heavy atom. The molecule has 0 amide bonds. The molecule has 0 fully saturated rings. The van der Waals surface area contributed by atoms with Crippen LogP contribution < -0.4 is 9.46 Å². The van der Waals surface area contributed by atoms with E-state index in [1.807, 2.05) is 55.4 Å². The van der Waals surface area contributed by atoms with Gasteiger partial charge in [0.05, 0.1) is 12.0 Å². The molecule has 0 aliphatic rings. The van der Waals surface area contributed by atoms with Gasteiger partial charge in [-0.1, -0.05) is 38.1 Å². The zero-order valence-electron chi connectivity index (χ0n) is 16.1. The summed E-state index contributed by atoms with van der Waals surface area (Å²) in [5, 5.41) is 0.